The molecule has 0 aliphatic carbocycles. The number of benzene rings is 2. The van der Waals surface area contributed by atoms with Crippen molar-refractivity contribution < 1.29 is 19.0 Å². The molecule has 6 nitrogen and oxygen atoms in total. The van der Waals surface area contributed by atoms with Gasteiger partial charge in [-0.15, -0.1) is 0 Å². The van der Waals surface area contributed by atoms with Gasteiger partial charge in [-0.25, -0.2) is 5.43 Å². The molecule has 0 heterocycles. The molecule has 27 heavy (non-hydrogen) atoms. The highest BCUT2D eigenvalue weighted by atomic mass is 16.5. The summed E-state index contributed by atoms with van der Waals surface area (Å²) >= 11 is 0. The summed E-state index contributed by atoms with van der Waals surface area (Å²) in [7, 11) is 3.14. The van der Waals surface area contributed by atoms with E-state index >= 15 is 0 Å². The molecule has 0 unspecified atom stereocenters. The van der Waals surface area contributed by atoms with Crippen LogP contribution in [-0.2, 0) is 10.2 Å². The first-order valence-corrected chi connectivity index (χ1v) is 8.61. The van der Waals surface area contributed by atoms with Crippen molar-refractivity contribution in [2.24, 2.45) is 5.10 Å². The fourth-order valence-corrected chi connectivity index (χ4v) is 2.49. The number of rotatable bonds is 7. The molecule has 2 rings (SSSR count). The quantitative estimate of drug-likeness (QED) is 0.598. The Kier molecular flexibility index (Phi) is 6.82. The molecular weight excluding hydrogens is 344 g/mol. The molecule has 0 bridgehead atoms. The molecule has 0 aliphatic rings. The molecule has 0 saturated carbocycles. The molecule has 1 N–H and O–H groups in total. The maximum Gasteiger partial charge on any atom is 0.277 e. The standard InChI is InChI=1S/C21H26N2O4/c1-21(2,3)17-8-6-7-9-18(17)27-14-20(24)23-22-13-15-10-11-16(25-4)12-19(15)26-5/h6-13H,14H2,1-5H3,(H,23,24). The summed E-state index contributed by atoms with van der Waals surface area (Å²) < 4.78 is 16.1. The summed E-state index contributed by atoms with van der Waals surface area (Å²) in [6.07, 6.45) is 1.51. The molecule has 0 fully saturated rings. The number of hydrogen-bond donors (Lipinski definition) is 1. The van der Waals surface area contributed by atoms with E-state index in [0.29, 0.717) is 17.2 Å². The number of nitrogens with zero attached hydrogens (tertiary/aromatic N) is 1. The number of hydrazone groups is 1. The van der Waals surface area contributed by atoms with Crippen molar-refractivity contribution in [3.05, 3.63) is 53.6 Å². The minimum absolute atomic E-state index is 0.0733. The van der Waals surface area contributed by atoms with Crippen molar-refractivity contribution in [1.29, 1.82) is 0 Å². The Balaban J connectivity index is 1.95. The Morgan fingerprint density at radius 1 is 1.07 bits per heavy atom. The molecule has 144 valence electrons. The maximum absolute atomic E-state index is 12.0. The van der Waals surface area contributed by atoms with E-state index in [2.05, 4.69) is 31.3 Å². The van der Waals surface area contributed by atoms with E-state index in [0.717, 1.165) is 11.1 Å². The third-order valence-corrected chi connectivity index (χ3v) is 3.89. The first-order chi connectivity index (χ1) is 12.8. The molecule has 2 aromatic carbocycles. The zero-order chi connectivity index (χ0) is 19.9. The van der Waals surface area contributed by atoms with Gasteiger partial charge in [0, 0.05) is 11.6 Å². The number of para-hydroxylation sites is 1. The van der Waals surface area contributed by atoms with E-state index in [-0.39, 0.29) is 17.9 Å². The van der Waals surface area contributed by atoms with Gasteiger partial charge in [0.05, 0.1) is 20.4 Å². The number of amides is 1. The van der Waals surface area contributed by atoms with Gasteiger partial charge < -0.3 is 14.2 Å². The fourth-order valence-electron chi connectivity index (χ4n) is 2.49. The maximum atomic E-state index is 12.0. The number of methoxy groups -OCH3 is 2. The van der Waals surface area contributed by atoms with Crippen LogP contribution in [0.1, 0.15) is 31.9 Å². The van der Waals surface area contributed by atoms with Crippen LogP contribution < -0.4 is 19.6 Å². The van der Waals surface area contributed by atoms with Gasteiger partial charge >= 0.3 is 0 Å². The second-order valence-corrected chi connectivity index (χ2v) is 6.94. The first kappa shape index (κ1) is 20.3. The van der Waals surface area contributed by atoms with E-state index in [4.69, 9.17) is 14.2 Å². The van der Waals surface area contributed by atoms with Crippen LogP contribution in [0.2, 0.25) is 0 Å². The van der Waals surface area contributed by atoms with Gasteiger partial charge in [-0.05, 0) is 29.2 Å². The van der Waals surface area contributed by atoms with Gasteiger partial charge in [0.2, 0.25) is 0 Å². The summed E-state index contributed by atoms with van der Waals surface area (Å²) in [5, 5.41) is 3.96. The van der Waals surface area contributed by atoms with E-state index in [9.17, 15) is 4.79 Å². The molecule has 1 amide bonds. The second-order valence-electron chi connectivity index (χ2n) is 6.94. The molecule has 0 radical (unpaired) electrons. The van der Waals surface area contributed by atoms with Crippen LogP contribution in [0.5, 0.6) is 17.2 Å². The van der Waals surface area contributed by atoms with Crippen molar-refractivity contribution in [2.45, 2.75) is 26.2 Å². The Bertz CT molecular complexity index is 810. The smallest absolute Gasteiger partial charge is 0.277 e. The third kappa shape index (κ3) is 5.74. The molecular formula is C21H26N2O4. The average Bonchev–Trinajstić information content (AvgIpc) is 2.66. The number of ether oxygens (including phenoxy) is 3. The molecule has 0 atom stereocenters. The Morgan fingerprint density at radius 3 is 2.48 bits per heavy atom. The third-order valence-electron chi connectivity index (χ3n) is 3.89. The van der Waals surface area contributed by atoms with Gasteiger partial charge in [0.25, 0.3) is 5.91 Å². The van der Waals surface area contributed by atoms with E-state index in [1.807, 2.05) is 24.3 Å². The number of hydrogen-bond acceptors (Lipinski definition) is 5. The Labute approximate surface area is 160 Å². The number of nitrogens with one attached hydrogen (secondary N) is 1. The molecule has 0 spiro atoms. The first-order valence-electron chi connectivity index (χ1n) is 8.61. The van der Waals surface area contributed by atoms with Crippen LogP contribution in [0, 0.1) is 0 Å². The van der Waals surface area contributed by atoms with Crippen molar-refractivity contribution >= 4 is 12.1 Å². The molecule has 0 saturated heterocycles. The van der Waals surface area contributed by atoms with Crippen LogP contribution in [0.25, 0.3) is 0 Å². The van der Waals surface area contributed by atoms with Crippen LogP contribution >= 0.6 is 0 Å². The average molecular weight is 370 g/mol. The molecule has 2 aromatic rings. The zero-order valence-electron chi connectivity index (χ0n) is 16.4. The van der Waals surface area contributed by atoms with Crippen molar-refractivity contribution in [3.8, 4) is 17.2 Å². The van der Waals surface area contributed by atoms with Crippen LogP contribution in [0.15, 0.2) is 47.6 Å². The lowest BCUT2D eigenvalue weighted by Gasteiger charge is -2.22. The topological polar surface area (TPSA) is 69.2 Å². The van der Waals surface area contributed by atoms with Crippen molar-refractivity contribution in [1.82, 2.24) is 5.43 Å². The fraction of sp³-hybridized carbons (Fsp3) is 0.333. The lowest BCUT2D eigenvalue weighted by atomic mass is 9.86. The van der Waals surface area contributed by atoms with Gasteiger partial charge in [-0.2, -0.15) is 5.10 Å². The predicted molar refractivity (Wildman–Crippen MR) is 106 cm³/mol. The monoisotopic (exact) mass is 370 g/mol. The summed E-state index contributed by atoms with van der Waals surface area (Å²) in [4.78, 5) is 12.0. The molecule has 6 heteroatoms. The minimum atomic E-state index is -0.345. The van der Waals surface area contributed by atoms with Crippen LogP contribution in [0.4, 0.5) is 0 Å². The van der Waals surface area contributed by atoms with E-state index < -0.39 is 0 Å². The minimum Gasteiger partial charge on any atom is -0.497 e. The normalized spacial score (nSPS) is 11.3. The summed E-state index contributed by atoms with van der Waals surface area (Å²) in [6, 6.07) is 13.0. The second kappa shape index (κ2) is 9.07. The summed E-state index contributed by atoms with van der Waals surface area (Å²) in [5.41, 5.74) is 4.15. The highest BCUT2D eigenvalue weighted by Gasteiger charge is 2.18. The number of carbonyl (C=O) groups excluding carboxylic acids is 1. The van der Waals surface area contributed by atoms with E-state index in [1.54, 1.807) is 32.4 Å². The molecule has 0 aromatic heterocycles. The highest BCUT2D eigenvalue weighted by molar-refractivity contribution is 5.85. The lowest BCUT2D eigenvalue weighted by molar-refractivity contribution is -0.123. The zero-order valence-corrected chi connectivity index (χ0v) is 16.4. The summed E-state index contributed by atoms with van der Waals surface area (Å²) in [6.45, 7) is 6.18. The van der Waals surface area contributed by atoms with Gasteiger partial charge in [-0.3, -0.25) is 4.79 Å². The van der Waals surface area contributed by atoms with Crippen molar-refractivity contribution in [3.63, 3.8) is 0 Å². The van der Waals surface area contributed by atoms with Crippen molar-refractivity contribution in [2.75, 3.05) is 20.8 Å². The van der Waals surface area contributed by atoms with Gasteiger partial charge in [0.1, 0.15) is 17.2 Å². The SMILES string of the molecule is COc1ccc(C=NNC(=O)COc2ccccc2C(C)(C)C)c(OC)c1. The number of carbonyl (C=O) groups is 1. The van der Waals surface area contributed by atoms with E-state index in [1.165, 1.54) is 6.21 Å². The Hall–Kier alpha value is -3.02. The van der Waals surface area contributed by atoms with Gasteiger partial charge in [0.15, 0.2) is 6.61 Å². The molecule has 0 aliphatic heterocycles. The van der Waals surface area contributed by atoms with Crippen LogP contribution in [-0.4, -0.2) is 32.9 Å². The highest BCUT2D eigenvalue weighted by Crippen LogP contribution is 2.30. The predicted octanol–water partition coefficient (Wildman–Crippen LogP) is 3.53. The lowest BCUT2D eigenvalue weighted by Crippen LogP contribution is -2.25. The largest absolute Gasteiger partial charge is 0.497 e. The summed E-state index contributed by atoms with van der Waals surface area (Å²) in [5.74, 6) is 1.63. The van der Waals surface area contributed by atoms with Gasteiger partial charge in [-0.1, -0.05) is 39.0 Å². The van der Waals surface area contributed by atoms with Crippen LogP contribution in [0.3, 0.4) is 0 Å². The Morgan fingerprint density at radius 2 is 1.81 bits per heavy atom.